The summed E-state index contributed by atoms with van der Waals surface area (Å²) in [5.74, 6) is 0.00782. The Balaban J connectivity index is 1.84. The molecule has 2 heterocycles. The third kappa shape index (κ3) is 4.81. The number of amides is 1. The van der Waals surface area contributed by atoms with Crippen LogP contribution in [0.15, 0.2) is 36.4 Å². The molecule has 28 heavy (non-hydrogen) atoms. The van der Waals surface area contributed by atoms with E-state index in [-0.39, 0.29) is 24.7 Å². The first-order chi connectivity index (χ1) is 13.2. The van der Waals surface area contributed by atoms with Gasteiger partial charge in [0.05, 0.1) is 17.3 Å². The number of aromatic nitrogens is 1. The lowest BCUT2D eigenvalue weighted by Crippen LogP contribution is -2.36. The second-order valence-electron chi connectivity index (χ2n) is 6.92. The summed E-state index contributed by atoms with van der Waals surface area (Å²) in [5, 5.41) is 13.1. The topological polar surface area (TPSA) is 65.5 Å². The average molecular weight is 393 g/mol. The number of alkyl halides is 3. The first-order valence-corrected chi connectivity index (χ1v) is 9.08. The van der Waals surface area contributed by atoms with Gasteiger partial charge < -0.3 is 15.3 Å². The van der Waals surface area contributed by atoms with E-state index in [9.17, 15) is 23.1 Å². The van der Waals surface area contributed by atoms with Gasteiger partial charge in [0, 0.05) is 31.7 Å². The Morgan fingerprint density at radius 1 is 1.29 bits per heavy atom. The van der Waals surface area contributed by atoms with Gasteiger partial charge in [-0.15, -0.1) is 0 Å². The zero-order valence-corrected chi connectivity index (χ0v) is 15.5. The molecule has 1 aliphatic rings. The third-order valence-electron chi connectivity index (χ3n) is 4.80. The molecule has 1 saturated heterocycles. The zero-order valence-electron chi connectivity index (χ0n) is 15.5. The largest absolute Gasteiger partial charge is 0.506 e. The van der Waals surface area contributed by atoms with Crippen molar-refractivity contribution < 1.29 is 23.1 Å². The van der Waals surface area contributed by atoms with Gasteiger partial charge in [0.1, 0.15) is 5.75 Å². The number of nitrogens with one attached hydrogen (secondary N) is 1. The summed E-state index contributed by atoms with van der Waals surface area (Å²) >= 11 is 0. The fraction of sp³-hybridized carbons (Fsp3) is 0.400. The van der Waals surface area contributed by atoms with Crippen LogP contribution in [0.25, 0.3) is 0 Å². The number of pyridine rings is 1. The van der Waals surface area contributed by atoms with Gasteiger partial charge in [0.2, 0.25) is 5.91 Å². The van der Waals surface area contributed by atoms with Crippen molar-refractivity contribution in [2.24, 2.45) is 0 Å². The van der Waals surface area contributed by atoms with Crippen molar-refractivity contribution in [1.29, 1.82) is 0 Å². The molecule has 1 aliphatic heterocycles. The molecule has 5 nitrogen and oxygen atoms in total. The van der Waals surface area contributed by atoms with Crippen LogP contribution in [0.4, 0.5) is 13.2 Å². The van der Waals surface area contributed by atoms with E-state index < -0.39 is 17.8 Å². The monoisotopic (exact) mass is 393 g/mol. The number of carbonyl (C=O) groups excluding carboxylic acids is 1. The van der Waals surface area contributed by atoms with Crippen molar-refractivity contribution in [3.63, 3.8) is 0 Å². The smallest absolute Gasteiger partial charge is 0.416 e. The van der Waals surface area contributed by atoms with E-state index in [0.717, 1.165) is 24.2 Å². The van der Waals surface area contributed by atoms with E-state index in [4.69, 9.17) is 0 Å². The summed E-state index contributed by atoms with van der Waals surface area (Å²) < 4.78 is 39.4. The number of hydrogen-bond donors (Lipinski definition) is 2. The molecule has 1 aromatic heterocycles. The van der Waals surface area contributed by atoms with Crippen LogP contribution in [0.5, 0.6) is 5.75 Å². The minimum atomic E-state index is -4.44. The number of carbonyl (C=O) groups is 1. The first kappa shape index (κ1) is 20.1. The minimum Gasteiger partial charge on any atom is -0.506 e. The van der Waals surface area contributed by atoms with Gasteiger partial charge in [0.25, 0.3) is 0 Å². The van der Waals surface area contributed by atoms with Gasteiger partial charge in [0.15, 0.2) is 0 Å². The predicted octanol–water partition coefficient (Wildman–Crippen LogP) is 3.57. The molecule has 3 rings (SSSR count). The number of likely N-dealkylation sites (tertiary alicyclic amines) is 1. The number of rotatable bonds is 6. The highest BCUT2D eigenvalue weighted by molar-refractivity contribution is 5.78. The van der Waals surface area contributed by atoms with Crippen molar-refractivity contribution >= 4 is 5.91 Å². The molecule has 1 fully saturated rings. The highest BCUT2D eigenvalue weighted by Gasteiger charge is 2.31. The van der Waals surface area contributed by atoms with E-state index in [0.29, 0.717) is 24.2 Å². The average Bonchev–Trinajstić information content (AvgIpc) is 3.05. The van der Waals surface area contributed by atoms with Gasteiger partial charge in [-0.2, -0.15) is 13.2 Å². The van der Waals surface area contributed by atoms with Gasteiger partial charge in [-0.25, -0.2) is 0 Å². The lowest BCUT2D eigenvalue weighted by molar-refractivity contribution is -0.137. The maximum Gasteiger partial charge on any atom is 0.416 e. The number of halogens is 3. The number of hydrogen-bond acceptors (Lipinski definition) is 4. The summed E-state index contributed by atoms with van der Waals surface area (Å²) in [6.45, 7) is 2.79. The van der Waals surface area contributed by atoms with Crippen LogP contribution in [-0.4, -0.2) is 34.0 Å². The molecule has 1 amide bonds. The minimum absolute atomic E-state index is 0.00435. The Kier molecular flexibility index (Phi) is 5.88. The molecule has 150 valence electrons. The molecule has 0 bridgehead atoms. The molecule has 0 saturated carbocycles. The molecular formula is C20H22F3N3O2. The number of aryl methyl sites for hydroxylation is 1. The second kappa shape index (κ2) is 8.18. The Morgan fingerprint density at radius 2 is 2.07 bits per heavy atom. The normalized spacial score (nSPS) is 15.9. The number of benzene rings is 1. The van der Waals surface area contributed by atoms with E-state index in [1.54, 1.807) is 24.0 Å². The lowest BCUT2D eigenvalue weighted by Gasteiger charge is -2.26. The zero-order chi connectivity index (χ0) is 20.3. The Hall–Kier alpha value is -2.61. The van der Waals surface area contributed by atoms with Crippen LogP contribution >= 0.6 is 0 Å². The van der Waals surface area contributed by atoms with E-state index >= 15 is 0 Å². The van der Waals surface area contributed by atoms with Crippen LogP contribution in [-0.2, 0) is 17.5 Å². The van der Waals surface area contributed by atoms with E-state index in [1.807, 2.05) is 0 Å². The predicted molar refractivity (Wildman–Crippen MR) is 97.5 cm³/mol. The molecule has 1 atom stereocenters. The van der Waals surface area contributed by atoms with Crippen LogP contribution < -0.4 is 5.32 Å². The quantitative estimate of drug-likeness (QED) is 0.788. The Morgan fingerprint density at radius 3 is 2.75 bits per heavy atom. The van der Waals surface area contributed by atoms with Gasteiger partial charge in [-0.05, 0) is 43.2 Å². The molecule has 0 spiro atoms. The highest BCUT2D eigenvalue weighted by atomic mass is 19.4. The van der Waals surface area contributed by atoms with Gasteiger partial charge >= 0.3 is 6.18 Å². The maximum absolute atomic E-state index is 13.1. The highest BCUT2D eigenvalue weighted by Crippen LogP contribution is 2.31. The van der Waals surface area contributed by atoms with Gasteiger partial charge in [-0.3, -0.25) is 9.78 Å². The fourth-order valence-electron chi connectivity index (χ4n) is 3.29. The SMILES string of the molecule is Cc1ccc(O)c(CN[C@@H](CN2CCCC2=O)c2cccc(C(F)(F)F)c2)n1. The molecule has 0 aliphatic carbocycles. The van der Waals surface area contributed by atoms with Crippen LogP contribution in [0.1, 0.15) is 41.4 Å². The van der Waals surface area contributed by atoms with Gasteiger partial charge in [-0.1, -0.05) is 12.1 Å². The molecule has 2 N–H and O–H groups in total. The Bertz CT molecular complexity index is 855. The lowest BCUT2D eigenvalue weighted by atomic mass is 10.0. The molecule has 2 aromatic rings. The number of aromatic hydroxyl groups is 1. The molecule has 1 aromatic carbocycles. The fourth-order valence-corrected chi connectivity index (χ4v) is 3.29. The van der Waals surface area contributed by atoms with E-state index in [1.165, 1.54) is 12.1 Å². The molecular weight excluding hydrogens is 371 g/mol. The summed E-state index contributed by atoms with van der Waals surface area (Å²) in [6.07, 6.45) is -3.25. The molecule has 8 heteroatoms. The van der Waals surface area contributed by atoms with Crippen molar-refractivity contribution in [1.82, 2.24) is 15.2 Å². The number of nitrogens with zero attached hydrogens (tertiary/aromatic N) is 2. The van der Waals surface area contributed by atoms with Crippen LogP contribution in [0.2, 0.25) is 0 Å². The first-order valence-electron chi connectivity index (χ1n) is 9.08. The molecule has 0 unspecified atom stereocenters. The summed E-state index contributed by atoms with van der Waals surface area (Å²) in [4.78, 5) is 17.9. The standard InChI is InChI=1S/C20H22F3N3O2/c1-13-7-8-18(27)16(25-13)11-24-17(12-26-9-3-6-19(26)28)14-4-2-5-15(10-14)20(21,22)23/h2,4-5,7-8,10,17,24,27H,3,6,9,11-12H2,1H3/t17-/m0/s1. The van der Waals surface area contributed by atoms with Crippen molar-refractivity contribution in [3.8, 4) is 5.75 Å². The van der Waals surface area contributed by atoms with Crippen molar-refractivity contribution in [3.05, 3.63) is 58.9 Å². The summed E-state index contributed by atoms with van der Waals surface area (Å²) in [5.41, 5.74) is 0.826. The Labute approximate surface area is 161 Å². The van der Waals surface area contributed by atoms with E-state index in [2.05, 4.69) is 10.3 Å². The molecule has 0 radical (unpaired) electrons. The van der Waals surface area contributed by atoms with Crippen LogP contribution in [0.3, 0.4) is 0 Å². The maximum atomic E-state index is 13.1. The third-order valence-corrected chi connectivity index (χ3v) is 4.80. The second-order valence-corrected chi connectivity index (χ2v) is 6.92. The summed E-state index contributed by atoms with van der Waals surface area (Å²) in [6, 6.07) is 7.77. The van der Waals surface area contributed by atoms with Crippen molar-refractivity contribution in [2.75, 3.05) is 13.1 Å². The summed E-state index contributed by atoms with van der Waals surface area (Å²) in [7, 11) is 0. The van der Waals surface area contributed by atoms with Crippen molar-refractivity contribution in [2.45, 2.75) is 38.5 Å². The van der Waals surface area contributed by atoms with Crippen LogP contribution in [0, 0.1) is 6.92 Å².